The predicted molar refractivity (Wildman–Crippen MR) is 118 cm³/mol. The number of rotatable bonds is 6. The van der Waals surface area contributed by atoms with Crippen molar-refractivity contribution in [3.63, 3.8) is 0 Å². The van der Waals surface area contributed by atoms with Gasteiger partial charge in [-0.25, -0.2) is 4.79 Å². The van der Waals surface area contributed by atoms with E-state index in [0.29, 0.717) is 26.1 Å². The van der Waals surface area contributed by atoms with Crippen LogP contribution >= 0.6 is 0 Å². The zero-order valence-corrected chi connectivity index (χ0v) is 18.1. The number of nitrogens with one attached hydrogen (secondary N) is 1. The van der Waals surface area contributed by atoms with Gasteiger partial charge >= 0.3 is 6.09 Å². The molecule has 0 radical (unpaired) electrons. The Kier molecular flexibility index (Phi) is 7.14. The minimum atomic E-state index is -0.526. The zero-order chi connectivity index (χ0) is 21.6. The van der Waals surface area contributed by atoms with Crippen LogP contribution in [-0.2, 0) is 9.53 Å². The Bertz CT molecular complexity index is 791. The molecule has 0 saturated carbocycles. The fraction of sp³-hybridized carbons (Fsp3) is 0.440. The van der Waals surface area contributed by atoms with Gasteiger partial charge in [0, 0.05) is 25.6 Å². The maximum atomic E-state index is 12.7. The van der Waals surface area contributed by atoms with Crippen LogP contribution in [0.25, 0.3) is 0 Å². The Hall–Kier alpha value is -2.82. The standard InChI is InChI=1S/C25H32N2O3/c1-25(2,3)30-24(29)27-17-15-21(18-27)23(28)26-16-14-22(19-10-6-4-7-11-19)20-12-8-5-9-13-20/h4-13,21-22H,14-18H2,1-3H3,(H,26,28). The highest BCUT2D eigenvalue weighted by Crippen LogP contribution is 2.27. The molecule has 2 aromatic carbocycles. The van der Waals surface area contributed by atoms with Crippen LogP contribution in [0, 0.1) is 5.92 Å². The normalized spacial score (nSPS) is 16.5. The molecule has 1 aliphatic heterocycles. The first-order chi connectivity index (χ1) is 14.3. The summed E-state index contributed by atoms with van der Waals surface area (Å²) >= 11 is 0. The summed E-state index contributed by atoms with van der Waals surface area (Å²) in [4.78, 5) is 26.5. The van der Waals surface area contributed by atoms with E-state index in [1.165, 1.54) is 11.1 Å². The van der Waals surface area contributed by atoms with Crippen molar-refractivity contribution in [1.29, 1.82) is 0 Å². The Balaban J connectivity index is 1.53. The van der Waals surface area contributed by atoms with Gasteiger partial charge in [-0.2, -0.15) is 0 Å². The van der Waals surface area contributed by atoms with Crippen LogP contribution in [0.5, 0.6) is 0 Å². The minimum absolute atomic E-state index is 0.0148. The highest BCUT2D eigenvalue weighted by atomic mass is 16.6. The number of amides is 2. The molecule has 5 nitrogen and oxygen atoms in total. The van der Waals surface area contributed by atoms with E-state index in [4.69, 9.17) is 4.74 Å². The number of hydrogen-bond acceptors (Lipinski definition) is 3. The van der Waals surface area contributed by atoms with Gasteiger partial charge in [-0.3, -0.25) is 4.79 Å². The maximum absolute atomic E-state index is 12.7. The summed E-state index contributed by atoms with van der Waals surface area (Å²) in [6.07, 6.45) is 1.15. The van der Waals surface area contributed by atoms with E-state index in [0.717, 1.165) is 6.42 Å². The lowest BCUT2D eigenvalue weighted by molar-refractivity contribution is -0.124. The number of carbonyl (C=O) groups is 2. The summed E-state index contributed by atoms with van der Waals surface area (Å²) in [7, 11) is 0. The number of benzene rings is 2. The highest BCUT2D eigenvalue weighted by Gasteiger charge is 2.33. The third-order valence-electron chi connectivity index (χ3n) is 5.35. The average molecular weight is 409 g/mol. The molecule has 5 heteroatoms. The monoisotopic (exact) mass is 408 g/mol. The molecule has 1 saturated heterocycles. The molecule has 30 heavy (non-hydrogen) atoms. The van der Waals surface area contributed by atoms with Gasteiger partial charge < -0.3 is 15.0 Å². The summed E-state index contributed by atoms with van der Waals surface area (Å²) in [5.74, 6) is 0.0693. The van der Waals surface area contributed by atoms with E-state index in [1.807, 2.05) is 57.2 Å². The van der Waals surface area contributed by atoms with Gasteiger partial charge in [0.25, 0.3) is 0 Å². The molecule has 0 aliphatic carbocycles. The zero-order valence-electron chi connectivity index (χ0n) is 18.1. The quantitative estimate of drug-likeness (QED) is 0.761. The van der Waals surface area contributed by atoms with Crippen molar-refractivity contribution in [1.82, 2.24) is 10.2 Å². The van der Waals surface area contributed by atoms with E-state index in [9.17, 15) is 9.59 Å². The average Bonchev–Trinajstić information content (AvgIpc) is 3.22. The molecular weight excluding hydrogens is 376 g/mol. The Morgan fingerprint density at radius 2 is 1.60 bits per heavy atom. The number of likely N-dealkylation sites (tertiary alicyclic amines) is 1. The second-order valence-corrected chi connectivity index (χ2v) is 8.87. The van der Waals surface area contributed by atoms with Gasteiger partial charge in [-0.15, -0.1) is 0 Å². The van der Waals surface area contributed by atoms with Crippen molar-refractivity contribution in [2.24, 2.45) is 5.92 Å². The highest BCUT2D eigenvalue weighted by molar-refractivity contribution is 5.80. The van der Waals surface area contributed by atoms with E-state index in [-0.39, 0.29) is 23.8 Å². The molecule has 0 aromatic heterocycles. The van der Waals surface area contributed by atoms with E-state index in [2.05, 4.69) is 29.6 Å². The molecule has 3 rings (SSSR count). The van der Waals surface area contributed by atoms with Crippen molar-refractivity contribution in [3.8, 4) is 0 Å². The molecular formula is C25H32N2O3. The molecule has 1 fully saturated rings. The fourth-order valence-electron chi connectivity index (χ4n) is 3.85. The molecule has 1 N–H and O–H groups in total. The topological polar surface area (TPSA) is 58.6 Å². The van der Waals surface area contributed by atoms with Crippen LogP contribution in [0.3, 0.4) is 0 Å². The molecule has 1 aliphatic rings. The first kappa shape index (κ1) is 21.9. The van der Waals surface area contributed by atoms with E-state index in [1.54, 1.807) is 4.90 Å². The molecule has 0 bridgehead atoms. The van der Waals surface area contributed by atoms with Crippen LogP contribution in [0.2, 0.25) is 0 Å². The van der Waals surface area contributed by atoms with Gasteiger partial charge in [-0.05, 0) is 44.7 Å². The molecule has 160 valence electrons. The fourth-order valence-corrected chi connectivity index (χ4v) is 3.85. The summed E-state index contributed by atoms with van der Waals surface area (Å²) in [6, 6.07) is 20.8. The lowest BCUT2D eigenvalue weighted by atomic mass is 9.88. The first-order valence-electron chi connectivity index (χ1n) is 10.7. The lowest BCUT2D eigenvalue weighted by Crippen LogP contribution is -2.37. The molecule has 1 unspecified atom stereocenters. The Morgan fingerprint density at radius 1 is 1.03 bits per heavy atom. The third-order valence-corrected chi connectivity index (χ3v) is 5.35. The van der Waals surface area contributed by atoms with Crippen LogP contribution < -0.4 is 5.32 Å². The maximum Gasteiger partial charge on any atom is 0.410 e. The summed E-state index contributed by atoms with van der Waals surface area (Å²) in [5.41, 5.74) is 1.96. The molecule has 1 heterocycles. The second-order valence-electron chi connectivity index (χ2n) is 8.87. The number of nitrogens with zero attached hydrogens (tertiary/aromatic N) is 1. The number of ether oxygens (including phenoxy) is 1. The molecule has 0 spiro atoms. The van der Waals surface area contributed by atoms with Gasteiger partial charge in [0.2, 0.25) is 5.91 Å². The molecule has 2 amide bonds. The largest absolute Gasteiger partial charge is 0.444 e. The lowest BCUT2D eigenvalue weighted by Gasteiger charge is -2.24. The van der Waals surface area contributed by atoms with Crippen molar-refractivity contribution in [3.05, 3.63) is 71.8 Å². The Morgan fingerprint density at radius 3 is 2.13 bits per heavy atom. The summed E-state index contributed by atoms with van der Waals surface area (Å²) in [5, 5.41) is 3.08. The molecule has 1 atom stereocenters. The van der Waals surface area contributed by atoms with Crippen molar-refractivity contribution in [2.45, 2.75) is 45.1 Å². The van der Waals surface area contributed by atoms with Crippen molar-refractivity contribution < 1.29 is 14.3 Å². The van der Waals surface area contributed by atoms with Gasteiger partial charge in [-0.1, -0.05) is 60.7 Å². The summed E-state index contributed by atoms with van der Waals surface area (Å²) in [6.45, 7) is 7.12. The van der Waals surface area contributed by atoms with E-state index >= 15 is 0 Å². The minimum Gasteiger partial charge on any atom is -0.444 e. The van der Waals surface area contributed by atoms with Crippen molar-refractivity contribution in [2.75, 3.05) is 19.6 Å². The smallest absolute Gasteiger partial charge is 0.410 e. The van der Waals surface area contributed by atoms with Crippen LogP contribution in [0.15, 0.2) is 60.7 Å². The number of carbonyl (C=O) groups excluding carboxylic acids is 2. The Labute approximate surface area is 179 Å². The van der Waals surface area contributed by atoms with Gasteiger partial charge in [0.15, 0.2) is 0 Å². The van der Waals surface area contributed by atoms with Gasteiger partial charge in [0.05, 0.1) is 5.92 Å². The second kappa shape index (κ2) is 9.79. The third kappa shape index (κ3) is 6.09. The first-order valence-corrected chi connectivity index (χ1v) is 10.7. The predicted octanol–water partition coefficient (Wildman–Crippen LogP) is 4.58. The van der Waals surface area contributed by atoms with Gasteiger partial charge in [0.1, 0.15) is 5.60 Å². The summed E-state index contributed by atoms with van der Waals surface area (Å²) < 4.78 is 5.42. The number of hydrogen-bond donors (Lipinski definition) is 1. The molecule has 2 aromatic rings. The SMILES string of the molecule is CC(C)(C)OC(=O)N1CCC(C(=O)NCCC(c2ccccc2)c2ccccc2)C1. The van der Waals surface area contributed by atoms with Crippen LogP contribution in [-0.4, -0.2) is 42.1 Å². The van der Waals surface area contributed by atoms with Crippen molar-refractivity contribution >= 4 is 12.0 Å². The van der Waals surface area contributed by atoms with Crippen LogP contribution in [0.4, 0.5) is 4.79 Å². The van der Waals surface area contributed by atoms with Crippen LogP contribution in [0.1, 0.15) is 50.7 Å². The van der Waals surface area contributed by atoms with E-state index < -0.39 is 5.60 Å².